The summed E-state index contributed by atoms with van der Waals surface area (Å²) in [5.74, 6) is 0. The van der Waals surface area contributed by atoms with Gasteiger partial charge in [-0.15, -0.1) is 0 Å². The molecule has 2 rings (SSSR count). The third-order valence-electron chi connectivity index (χ3n) is 4.15. The van der Waals surface area contributed by atoms with Crippen molar-refractivity contribution >= 4 is 38.8 Å². The summed E-state index contributed by atoms with van der Waals surface area (Å²) in [4.78, 5) is 2.82. The van der Waals surface area contributed by atoms with Crippen LogP contribution in [0.25, 0.3) is 0 Å². The summed E-state index contributed by atoms with van der Waals surface area (Å²) in [7, 11) is 2.19. The molecular formula is C15H22BrN3S. The maximum atomic E-state index is 5.67. The summed E-state index contributed by atoms with van der Waals surface area (Å²) >= 11 is 8.53. The van der Waals surface area contributed by atoms with Crippen LogP contribution >= 0.6 is 28.1 Å². The minimum Gasteiger partial charge on any atom is -0.389 e. The lowest BCUT2D eigenvalue weighted by atomic mass is 9.80. The van der Waals surface area contributed by atoms with Crippen LogP contribution in [0.4, 0.5) is 5.69 Å². The van der Waals surface area contributed by atoms with E-state index in [2.05, 4.69) is 40.1 Å². The van der Waals surface area contributed by atoms with Crippen LogP contribution in [0.15, 0.2) is 22.7 Å². The van der Waals surface area contributed by atoms with Crippen LogP contribution in [0.2, 0.25) is 0 Å². The molecule has 0 bridgehead atoms. The summed E-state index contributed by atoms with van der Waals surface area (Å²) in [5, 5.41) is 3.54. The fourth-order valence-electron chi connectivity index (χ4n) is 2.48. The number of hydrogen-bond donors (Lipinski definition) is 2. The Hall–Kier alpha value is -0.650. The Kier molecular flexibility index (Phi) is 5.04. The number of thiocarbonyl (C=S) groups is 1. The first-order chi connectivity index (χ1) is 9.39. The van der Waals surface area contributed by atoms with Crippen LogP contribution in [0.3, 0.4) is 0 Å². The lowest BCUT2D eigenvalue weighted by molar-refractivity contribution is 0.150. The minimum absolute atomic E-state index is 0.376. The van der Waals surface area contributed by atoms with Gasteiger partial charge in [0.1, 0.15) is 4.99 Å². The number of nitrogens with one attached hydrogen (secondary N) is 1. The number of rotatable bonds is 4. The Morgan fingerprint density at radius 2 is 2.10 bits per heavy atom. The van der Waals surface area contributed by atoms with Gasteiger partial charge in [0.25, 0.3) is 0 Å². The zero-order valence-electron chi connectivity index (χ0n) is 12.1. The lowest BCUT2D eigenvalue weighted by Crippen LogP contribution is -2.40. The number of halogens is 1. The first-order valence-corrected chi connectivity index (χ1v) is 8.11. The Bertz CT molecular complexity index is 496. The molecule has 0 saturated carbocycles. The first-order valence-electron chi connectivity index (χ1n) is 6.91. The van der Waals surface area contributed by atoms with Gasteiger partial charge >= 0.3 is 0 Å². The largest absolute Gasteiger partial charge is 0.389 e. The van der Waals surface area contributed by atoms with E-state index in [1.165, 1.54) is 25.9 Å². The monoisotopic (exact) mass is 355 g/mol. The normalized spacial score (nSPS) is 18.8. The Balaban J connectivity index is 1.97. The van der Waals surface area contributed by atoms with Crippen LogP contribution in [-0.2, 0) is 0 Å². The average Bonchev–Trinajstić information content (AvgIpc) is 2.40. The van der Waals surface area contributed by atoms with Gasteiger partial charge in [0, 0.05) is 22.3 Å². The fraction of sp³-hybridized carbons (Fsp3) is 0.533. The fourth-order valence-corrected chi connectivity index (χ4v) is 3.38. The SMILES string of the molecule is CN1CCC(C)(CNc2ccc(C(N)=S)c(Br)c2)CC1. The van der Waals surface area contributed by atoms with Crippen molar-refractivity contribution in [3.05, 3.63) is 28.2 Å². The first kappa shape index (κ1) is 15.7. The van der Waals surface area contributed by atoms with E-state index in [0.29, 0.717) is 10.4 Å². The van der Waals surface area contributed by atoms with Gasteiger partial charge in [0.15, 0.2) is 0 Å². The summed E-state index contributed by atoms with van der Waals surface area (Å²) in [5.41, 5.74) is 8.04. The van der Waals surface area contributed by atoms with E-state index < -0.39 is 0 Å². The molecule has 3 nitrogen and oxygen atoms in total. The lowest BCUT2D eigenvalue weighted by Gasteiger charge is -2.38. The van der Waals surface area contributed by atoms with E-state index >= 15 is 0 Å². The van der Waals surface area contributed by atoms with E-state index in [-0.39, 0.29) is 0 Å². The van der Waals surface area contributed by atoms with E-state index in [0.717, 1.165) is 22.3 Å². The zero-order chi connectivity index (χ0) is 14.8. The molecule has 0 aromatic heterocycles. The number of anilines is 1. The predicted molar refractivity (Wildman–Crippen MR) is 93.4 cm³/mol. The molecule has 1 saturated heterocycles. The van der Waals surface area contributed by atoms with Crippen molar-refractivity contribution in [1.29, 1.82) is 0 Å². The van der Waals surface area contributed by atoms with Crippen molar-refractivity contribution in [2.24, 2.45) is 11.1 Å². The molecule has 1 heterocycles. The molecule has 0 radical (unpaired) electrons. The molecular weight excluding hydrogens is 334 g/mol. The highest BCUT2D eigenvalue weighted by molar-refractivity contribution is 9.10. The van der Waals surface area contributed by atoms with Crippen LogP contribution in [0, 0.1) is 5.41 Å². The van der Waals surface area contributed by atoms with Crippen molar-refractivity contribution in [3.8, 4) is 0 Å². The van der Waals surface area contributed by atoms with Gasteiger partial charge in [0.2, 0.25) is 0 Å². The molecule has 3 N–H and O–H groups in total. The zero-order valence-corrected chi connectivity index (χ0v) is 14.5. The molecule has 0 spiro atoms. The van der Waals surface area contributed by atoms with Gasteiger partial charge in [-0.3, -0.25) is 0 Å². The molecule has 1 fully saturated rings. The highest BCUT2D eigenvalue weighted by Gasteiger charge is 2.28. The van der Waals surface area contributed by atoms with Gasteiger partial charge in [-0.05, 0) is 72.5 Å². The molecule has 1 aromatic carbocycles. The molecule has 1 aromatic rings. The number of benzene rings is 1. The highest BCUT2D eigenvalue weighted by atomic mass is 79.9. The second-order valence-corrected chi connectivity index (χ2v) is 7.32. The Labute approximate surface area is 135 Å². The molecule has 0 amide bonds. The second-order valence-electron chi connectivity index (χ2n) is 6.03. The van der Waals surface area contributed by atoms with Gasteiger partial charge in [-0.2, -0.15) is 0 Å². The number of hydrogen-bond acceptors (Lipinski definition) is 3. The quantitative estimate of drug-likeness (QED) is 0.813. The van der Waals surface area contributed by atoms with E-state index in [1.807, 2.05) is 18.2 Å². The smallest absolute Gasteiger partial charge is 0.105 e. The average molecular weight is 356 g/mol. The standard InChI is InChI=1S/C15H22BrN3S/c1-15(5-7-19(2)8-6-15)10-18-11-3-4-12(14(17)20)13(16)9-11/h3-4,9,18H,5-8,10H2,1-2H3,(H2,17,20). The maximum Gasteiger partial charge on any atom is 0.105 e. The van der Waals surface area contributed by atoms with E-state index in [9.17, 15) is 0 Å². The highest BCUT2D eigenvalue weighted by Crippen LogP contribution is 2.31. The molecule has 110 valence electrons. The molecule has 0 aliphatic carbocycles. The summed E-state index contributed by atoms with van der Waals surface area (Å²) in [6.07, 6.45) is 2.48. The van der Waals surface area contributed by atoms with Crippen LogP contribution < -0.4 is 11.1 Å². The van der Waals surface area contributed by atoms with Crippen molar-refractivity contribution in [1.82, 2.24) is 4.90 Å². The van der Waals surface area contributed by atoms with E-state index in [4.69, 9.17) is 18.0 Å². The van der Waals surface area contributed by atoms with Crippen LogP contribution in [0.5, 0.6) is 0 Å². The number of likely N-dealkylation sites (tertiary alicyclic amines) is 1. The molecule has 0 atom stereocenters. The maximum absolute atomic E-state index is 5.67. The van der Waals surface area contributed by atoms with Gasteiger partial charge in [0.05, 0.1) is 0 Å². The second kappa shape index (κ2) is 6.41. The molecule has 0 unspecified atom stereocenters. The third-order valence-corrected chi connectivity index (χ3v) is 5.02. The summed E-state index contributed by atoms with van der Waals surface area (Å²) in [6.45, 7) is 5.73. The molecule has 1 aliphatic rings. The van der Waals surface area contributed by atoms with E-state index in [1.54, 1.807) is 0 Å². The number of nitrogens with two attached hydrogens (primary N) is 1. The van der Waals surface area contributed by atoms with Crippen molar-refractivity contribution in [2.45, 2.75) is 19.8 Å². The van der Waals surface area contributed by atoms with Crippen molar-refractivity contribution in [2.75, 3.05) is 32.0 Å². The number of piperidine rings is 1. The van der Waals surface area contributed by atoms with Crippen LogP contribution in [-0.4, -0.2) is 36.6 Å². The molecule has 5 heteroatoms. The van der Waals surface area contributed by atoms with Crippen LogP contribution in [0.1, 0.15) is 25.3 Å². The van der Waals surface area contributed by atoms with Gasteiger partial charge < -0.3 is 16.0 Å². The van der Waals surface area contributed by atoms with Gasteiger partial charge in [-0.1, -0.05) is 19.1 Å². The third kappa shape index (κ3) is 3.93. The Morgan fingerprint density at radius 3 is 2.65 bits per heavy atom. The number of nitrogens with zero attached hydrogens (tertiary/aromatic N) is 1. The Morgan fingerprint density at radius 1 is 1.45 bits per heavy atom. The van der Waals surface area contributed by atoms with Crippen molar-refractivity contribution in [3.63, 3.8) is 0 Å². The van der Waals surface area contributed by atoms with Gasteiger partial charge in [-0.25, -0.2) is 0 Å². The summed E-state index contributed by atoms with van der Waals surface area (Å²) < 4.78 is 0.948. The predicted octanol–water partition coefficient (Wildman–Crippen LogP) is 3.23. The topological polar surface area (TPSA) is 41.3 Å². The minimum atomic E-state index is 0.376. The molecule has 1 aliphatic heterocycles. The van der Waals surface area contributed by atoms with Crippen molar-refractivity contribution < 1.29 is 0 Å². The molecule has 20 heavy (non-hydrogen) atoms. The summed E-state index contributed by atoms with van der Waals surface area (Å²) in [6, 6.07) is 6.05.